The molecule has 1 aromatic heterocycles. The van der Waals surface area contributed by atoms with E-state index in [2.05, 4.69) is 22.2 Å². The van der Waals surface area contributed by atoms with Crippen LogP contribution in [0.1, 0.15) is 57.2 Å². The lowest BCUT2D eigenvalue weighted by atomic mass is 9.94. The molecule has 1 saturated carbocycles. The van der Waals surface area contributed by atoms with Gasteiger partial charge in [-0.15, -0.1) is 0 Å². The Morgan fingerprint density at radius 2 is 1.94 bits per heavy atom. The first-order valence-corrected chi connectivity index (χ1v) is 12.4. The van der Waals surface area contributed by atoms with Crippen molar-refractivity contribution >= 4 is 17.9 Å². The number of nitrogens with one attached hydrogen (secondary N) is 1. The van der Waals surface area contributed by atoms with Gasteiger partial charge < -0.3 is 10.1 Å². The molecule has 3 fully saturated rings. The second kappa shape index (κ2) is 9.00. The molecule has 2 aromatic rings. The van der Waals surface area contributed by atoms with Crippen LogP contribution in [0.25, 0.3) is 0 Å². The van der Waals surface area contributed by atoms with E-state index in [9.17, 15) is 13.6 Å². The van der Waals surface area contributed by atoms with Crippen molar-refractivity contribution in [1.82, 2.24) is 14.9 Å². The van der Waals surface area contributed by atoms with Crippen LogP contribution >= 0.6 is 0 Å². The molecule has 2 aliphatic heterocycles. The fourth-order valence-electron chi connectivity index (χ4n) is 5.15. The molecule has 0 bridgehead atoms. The predicted octanol–water partition coefficient (Wildman–Crippen LogP) is 5.25. The number of nitrogens with zero attached hydrogens (tertiary/aromatic N) is 4. The van der Waals surface area contributed by atoms with Crippen LogP contribution in [0.15, 0.2) is 36.5 Å². The number of cyclic esters (lactones) is 1. The van der Waals surface area contributed by atoms with Crippen molar-refractivity contribution in [2.75, 3.05) is 29.9 Å². The molecule has 3 heterocycles. The summed E-state index contributed by atoms with van der Waals surface area (Å²) in [6, 6.07) is 9.64. The number of carbonyl (C=O) groups excluding carboxylic acids is 1. The number of hydrogen-bond donors (Lipinski definition) is 1. The number of aromatic nitrogens is 2. The third kappa shape index (κ3) is 4.83. The van der Waals surface area contributed by atoms with E-state index in [1.54, 1.807) is 24.1 Å². The summed E-state index contributed by atoms with van der Waals surface area (Å²) in [6.45, 7) is 7.08. The molecule has 5 rings (SSSR count). The molecule has 0 spiro atoms. The molecule has 1 amide bonds. The van der Waals surface area contributed by atoms with E-state index < -0.39 is 11.8 Å². The Bertz CT molecular complexity index is 1080. The minimum atomic E-state index is -2.63. The lowest BCUT2D eigenvalue weighted by molar-refractivity contribution is -0.106. The summed E-state index contributed by atoms with van der Waals surface area (Å²) < 4.78 is 33.5. The maximum absolute atomic E-state index is 14.1. The summed E-state index contributed by atoms with van der Waals surface area (Å²) in [5, 5.41) is 3.31. The lowest BCUT2D eigenvalue weighted by Gasteiger charge is -2.36. The topological polar surface area (TPSA) is 70.6 Å². The van der Waals surface area contributed by atoms with Crippen molar-refractivity contribution in [2.45, 2.75) is 64.1 Å². The summed E-state index contributed by atoms with van der Waals surface area (Å²) >= 11 is 0. The fourth-order valence-corrected chi connectivity index (χ4v) is 5.15. The van der Waals surface area contributed by atoms with Crippen LogP contribution in [0.2, 0.25) is 0 Å². The largest absolute Gasteiger partial charge is 0.447 e. The number of piperidine rings is 1. The molecule has 3 atom stereocenters. The molecule has 1 unspecified atom stereocenters. The van der Waals surface area contributed by atoms with Crippen molar-refractivity contribution in [3.63, 3.8) is 0 Å². The molecule has 188 valence electrons. The zero-order valence-electron chi connectivity index (χ0n) is 20.5. The molecule has 0 radical (unpaired) electrons. The van der Waals surface area contributed by atoms with E-state index in [4.69, 9.17) is 4.74 Å². The van der Waals surface area contributed by atoms with Gasteiger partial charge in [0.25, 0.3) is 5.92 Å². The van der Waals surface area contributed by atoms with Crippen molar-refractivity contribution in [3.05, 3.63) is 47.7 Å². The number of alkyl halides is 2. The van der Waals surface area contributed by atoms with Gasteiger partial charge in [0.05, 0.1) is 18.1 Å². The van der Waals surface area contributed by atoms with E-state index in [1.165, 1.54) is 0 Å². The number of hydrogen-bond acceptors (Lipinski definition) is 6. The zero-order chi connectivity index (χ0) is 24.8. The summed E-state index contributed by atoms with van der Waals surface area (Å²) in [7, 11) is 0. The smallest absolute Gasteiger partial charge is 0.416 e. The van der Waals surface area contributed by atoms with E-state index in [0.29, 0.717) is 43.8 Å². The van der Waals surface area contributed by atoms with Crippen LogP contribution in [-0.2, 0) is 11.3 Å². The van der Waals surface area contributed by atoms with Crippen molar-refractivity contribution in [1.29, 1.82) is 0 Å². The second-order valence-electron chi connectivity index (χ2n) is 10.5. The zero-order valence-corrected chi connectivity index (χ0v) is 20.5. The number of rotatable bonds is 7. The van der Waals surface area contributed by atoms with E-state index in [1.807, 2.05) is 36.1 Å². The third-order valence-corrected chi connectivity index (χ3v) is 7.77. The Hall–Kier alpha value is -2.81. The summed E-state index contributed by atoms with van der Waals surface area (Å²) in [5.41, 5.74) is 1.67. The van der Waals surface area contributed by atoms with Crippen LogP contribution in [0.5, 0.6) is 0 Å². The maximum Gasteiger partial charge on any atom is 0.416 e. The first-order chi connectivity index (χ1) is 16.7. The summed E-state index contributed by atoms with van der Waals surface area (Å²) in [6.07, 6.45) is 3.97. The van der Waals surface area contributed by atoms with Gasteiger partial charge in [-0.3, -0.25) is 9.80 Å². The number of anilines is 2. The predicted molar refractivity (Wildman–Crippen MR) is 129 cm³/mol. The van der Waals surface area contributed by atoms with Gasteiger partial charge >= 0.3 is 6.09 Å². The maximum atomic E-state index is 14.1. The number of amides is 1. The van der Waals surface area contributed by atoms with Gasteiger partial charge in [0.1, 0.15) is 12.4 Å². The van der Waals surface area contributed by atoms with Crippen molar-refractivity contribution in [2.24, 2.45) is 11.8 Å². The van der Waals surface area contributed by atoms with Gasteiger partial charge in [-0.1, -0.05) is 31.2 Å². The second-order valence-corrected chi connectivity index (χ2v) is 10.5. The number of ether oxygens (including phenoxy) is 1. The number of carbonyl (C=O) groups is 1. The van der Waals surface area contributed by atoms with Gasteiger partial charge in [0.2, 0.25) is 5.95 Å². The number of halogens is 2. The minimum Gasteiger partial charge on any atom is -0.447 e. The van der Waals surface area contributed by atoms with E-state index in [0.717, 1.165) is 24.0 Å². The standard InChI is InChI=1S/C26H33F2N5O2/c1-17-11-13-32(15-26(17,27)28)14-19-4-6-20(7-5-19)18(2)30-23-29-12-10-22(31-23)33-24(34)35-16-25(33,3)21-8-9-21/h4-7,10,12,17-18,21H,8-9,11,13-16H2,1-3H3,(H,29,30,31)/t17?,18-,25+/m0/s1. The lowest BCUT2D eigenvalue weighted by Crippen LogP contribution is -2.47. The normalized spacial score (nSPS) is 27.5. The van der Waals surface area contributed by atoms with Gasteiger partial charge in [-0.25, -0.2) is 18.6 Å². The molecule has 1 aliphatic carbocycles. The fraction of sp³-hybridized carbons (Fsp3) is 0.577. The number of benzene rings is 1. The molecule has 9 heteroatoms. The summed E-state index contributed by atoms with van der Waals surface area (Å²) in [4.78, 5) is 24.9. The van der Waals surface area contributed by atoms with Crippen LogP contribution in [0.3, 0.4) is 0 Å². The highest BCUT2D eigenvalue weighted by Gasteiger charge is 2.54. The first-order valence-electron chi connectivity index (χ1n) is 12.4. The highest BCUT2D eigenvalue weighted by Crippen LogP contribution is 2.47. The van der Waals surface area contributed by atoms with E-state index >= 15 is 0 Å². The van der Waals surface area contributed by atoms with Crippen molar-refractivity contribution in [3.8, 4) is 0 Å². The molecule has 1 N–H and O–H groups in total. The first kappa shape index (κ1) is 23.9. The van der Waals surface area contributed by atoms with Crippen LogP contribution in [0.4, 0.5) is 25.3 Å². The van der Waals surface area contributed by atoms with Gasteiger partial charge in [-0.05, 0) is 62.8 Å². The van der Waals surface area contributed by atoms with Gasteiger partial charge in [-0.2, -0.15) is 4.98 Å². The minimum absolute atomic E-state index is 0.0835. The van der Waals surface area contributed by atoms with Crippen LogP contribution in [-0.4, -0.2) is 52.1 Å². The van der Waals surface area contributed by atoms with E-state index in [-0.39, 0.29) is 24.2 Å². The van der Waals surface area contributed by atoms with Gasteiger partial charge in [0.15, 0.2) is 0 Å². The molecule has 7 nitrogen and oxygen atoms in total. The van der Waals surface area contributed by atoms with Crippen LogP contribution < -0.4 is 10.2 Å². The Labute approximate surface area is 204 Å². The van der Waals surface area contributed by atoms with Gasteiger partial charge in [0, 0.05) is 18.7 Å². The SMILES string of the molecule is CC1CCN(Cc2ccc([C@H](C)Nc3nccc(N4C(=O)OC[C@]4(C)C4CC4)n3)cc2)CC1(F)F. The molecule has 2 saturated heterocycles. The average molecular weight is 486 g/mol. The summed E-state index contributed by atoms with van der Waals surface area (Å²) in [5.74, 6) is -1.80. The number of likely N-dealkylation sites (tertiary alicyclic amines) is 1. The Kier molecular flexibility index (Phi) is 6.15. The van der Waals surface area contributed by atoms with Crippen LogP contribution in [0, 0.1) is 11.8 Å². The third-order valence-electron chi connectivity index (χ3n) is 7.77. The molecule has 1 aromatic carbocycles. The molecule has 35 heavy (non-hydrogen) atoms. The highest BCUT2D eigenvalue weighted by molar-refractivity contribution is 5.90. The highest BCUT2D eigenvalue weighted by atomic mass is 19.3. The Morgan fingerprint density at radius 3 is 2.63 bits per heavy atom. The monoisotopic (exact) mass is 485 g/mol. The Morgan fingerprint density at radius 1 is 1.20 bits per heavy atom. The molecule has 3 aliphatic rings. The molecular weight excluding hydrogens is 452 g/mol. The molecular formula is C26H33F2N5O2. The quantitative estimate of drug-likeness (QED) is 0.578. The average Bonchev–Trinajstić information content (AvgIpc) is 3.63. The van der Waals surface area contributed by atoms with Crippen molar-refractivity contribution < 1.29 is 18.3 Å². The Balaban J connectivity index is 1.23.